The van der Waals surface area contributed by atoms with Crippen LogP contribution in [0, 0.1) is 6.92 Å². The lowest BCUT2D eigenvalue weighted by Crippen LogP contribution is -2.43. The molecule has 1 aromatic heterocycles. The standard InChI is InChI=1S/C16H19N3O3/c1-10-3-5-11(6-4-10)12-7-14(22-19-12)16(20)18-13-8-17-9-15(13)21-2/h3-7,13,15,17H,8-9H2,1-2H3,(H,18,20)/t13-,15+/m1/s1. The first kappa shape index (κ1) is 14.7. The van der Waals surface area contributed by atoms with E-state index in [9.17, 15) is 4.79 Å². The first-order chi connectivity index (χ1) is 10.7. The molecular weight excluding hydrogens is 282 g/mol. The van der Waals surface area contributed by atoms with E-state index in [1.54, 1.807) is 13.2 Å². The zero-order chi connectivity index (χ0) is 15.5. The van der Waals surface area contributed by atoms with Crippen molar-refractivity contribution >= 4 is 5.91 Å². The van der Waals surface area contributed by atoms with Crippen molar-refractivity contribution in [3.8, 4) is 11.3 Å². The van der Waals surface area contributed by atoms with Gasteiger partial charge in [0.05, 0.1) is 12.1 Å². The molecule has 116 valence electrons. The molecule has 1 aliphatic rings. The maximum atomic E-state index is 12.2. The largest absolute Gasteiger partial charge is 0.378 e. The van der Waals surface area contributed by atoms with E-state index in [1.165, 1.54) is 5.56 Å². The van der Waals surface area contributed by atoms with Crippen LogP contribution < -0.4 is 10.6 Å². The summed E-state index contributed by atoms with van der Waals surface area (Å²) in [5.74, 6) is -0.0704. The van der Waals surface area contributed by atoms with Crippen molar-refractivity contribution in [1.29, 1.82) is 0 Å². The molecule has 2 heterocycles. The quantitative estimate of drug-likeness (QED) is 0.892. The Morgan fingerprint density at radius 1 is 1.36 bits per heavy atom. The molecule has 2 N–H and O–H groups in total. The predicted octanol–water partition coefficient (Wildman–Crippen LogP) is 1.37. The minimum atomic E-state index is -0.276. The Hall–Kier alpha value is -2.18. The Kier molecular flexibility index (Phi) is 4.22. The number of hydrogen-bond donors (Lipinski definition) is 2. The Bertz CT molecular complexity index is 651. The van der Waals surface area contributed by atoms with E-state index in [1.807, 2.05) is 31.2 Å². The third-order valence-electron chi connectivity index (χ3n) is 3.86. The normalized spacial score (nSPS) is 21.0. The fraction of sp³-hybridized carbons (Fsp3) is 0.375. The van der Waals surface area contributed by atoms with Crippen molar-refractivity contribution in [2.24, 2.45) is 0 Å². The van der Waals surface area contributed by atoms with E-state index in [0.717, 1.165) is 12.1 Å². The summed E-state index contributed by atoms with van der Waals surface area (Å²) >= 11 is 0. The Labute approximate surface area is 128 Å². The number of aryl methyl sites for hydroxylation is 1. The monoisotopic (exact) mass is 301 g/mol. The van der Waals surface area contributed by atoms with Crippen LogP contribution >= 0.6 is 0 Å². The van der Waals surface area contributed by atoms with E-state index < -0.39 is 0 Å². The van der Waals surface area contributed by atoms with E-state index in [0.29, 0.717) is 12.2 Å². The summed E-state index contributed by atoms with van der Waals surface area (Å²) in [5, 5.41) is 10.1. The van der Waals surface area contributed by atoms with Gasteiger partial charge in [0.15, 0.2) is 0 Å². The van der Waals surface area contributed by atoms with Crippen molar-refractivity contribution in [3.05, 3.63) is 41.7 Å². The van der Waals surface area contributed by atoms with Crippen molar-refractivity contribution in [2.75, 3.05) is 20.2 Å². The molecular formula is C16H19N3O3. The molecule has 0 unspecified atom stereocenters. The van der Waals surface area contributed by atoms with Crippen molar-refractivity contribution < 1.29 is 14.1 Å². The van der Waals surface area contributed by atoms with Gasteiger partial charge in [-0.05, 0) is 6.92 Å². The van der Waals surface area contributed by atoms with Gasteiger partial charge in [-0.15, -0.1) is 0 Å². The lowest BCUT2D eigenvalue weighted by atomic mass is 10.1. The summed E-state index contributed by atoms with van der Waals surface area (Å²) in [7, 11) is 1.64. The summed E-state index contributed by atoms with van der Waals surface area (Å²) in [6, 6.07) is 9.50. The molecule has 1 saturated heterocycles. The zero-order valence-corrected chi connectivity index (χ0v) is 12.6. The molecule has 1 fully saturated rings. The molecule has 0 radical (unpaired) electrons. The minimum Gasteiger partial charge on any atom is -0.378 e. The number of methoxy groups -OCH3 is 1. The topological polar surface area (TPSA) is 76.4 Å². The number of amides is 1. The second-order valence-electron chi connectivity index (χ2n) is 5.45. The number of ether oxygens (including phenoxy) is 1. The van der Waals surface area contributed by atoms with Gasteiger partial charge in [0.25, 0.3) is 5.91 Å². The van der Waals surface area contributed by atoms with Crippen molar-refractivity contribution in [1.82, 2.24) is 15.8 Å². The van der Waals surface area contributed by atoms with Crippen molar-refractivity contribution in [2.45, 2.75) is 19.1 Å². The molecule has 1 aromatic carbocycles. The maximum absolute atomic E-state index is 12.2. The highest BCUT2D eigenvalue weighted by Gasteiger charge is 2.29. The highest BCUT2D eigenvalue weighted by Crippen LogP contribution is 2.19. The summed E-state index contributed by atoms with van der Waals surface area (Å²) in [5.41, 5.74) is 2.74. The van der Waals surface area contributed by atoms with Crippen molar-refractivity contribution in [3.63, 3.8) is 0 Å². The highest BCUT2D eigenvalue weighted by atomic mass is 16.5. The molecule has 2 aromatic rings. The van der Waals surface area contributed by atoms with Crippen LogP contribution in [0.4, 0.5) is 0 Å². The van der Waals surface area contributed by atoms with Gasteiger partial charge in [0.1, 0.15) is 5.69 Å². The third kappa shape index (κ3) is 3.03. The van der Waals surface area contributed by atoms with Crippen LogP contribution in [0.15, 0.2) is 34.9 Å². The van der Waals surface area contributed by atoms with Crippen LogP contribution in [0.3, 0.4) is 0 Å². The van der Waals surface area contributed by atoms with Crippen LogP contribution in [-0.4, -0.2) is 43.4 Å². The highest BCUT2D eigenvalue weighted by molar-refractivity contribution is 5.92. The van der Waals surface area contributed by atoms with E-state index in [4.69, 9.17) is 9.26 Å². The average Bonchev–Trinajstić information content (AvgIpc) is 3.16. The molecule has 0 spiro atoms. The van der Waals surface area contributed by atoms with E-state index in [2.05, 4.69) is 15.8 Å². The second kappa shape index (κ2) is 6.29. The molecule has 22 heavy (non-hydrogen) atoms. The number of rotatable bonds is 4. The lowest BCUT2D eigenvalue weighted by molar-refractivity contribution is 0.0754. The maximum Gasteiger partial charge on any atom is 0.290 e. The third-order valence-corrected chi connectivity index (χ3v) is 3.86. The van der Waals surface area contributed by atoms with Gasteiger partial charge in [-0.1, -0.05) is 35.0 Å². The fourth-order valence-electron chi connectivity index (χ4n) is 2.53. The zero-order valence-electron chi connectivity index (χ0n) is 12.6. The molecule has 1 amide bonds. The average molecular weight is 301 g/mol. The number of nitrogens with one attached hydrogen (secondary N) is 2. The molecule has 0 bridgehead atoms. The van der Waals surface area contributed by atoms with Crippen LogP contribution in [0.25, 0.3) is 11.3 Å². The summed E-state index contributed by atoms with van der Waals surface area (Å²) in [6.07, 6.45) is -0.0246. The van der Waals surface area contributed by atoms with Gasteiger partial charge < -0.3 is 19.9 Å². The molecule has 0 aliphatic carbocycles. The minimum absolute atomic E-state index is 0.0246. The number of carbonyl (C=O) groups excluding carboxylic acids is 1. The van der Waals surface area contributed by atoms with Crippen LogP contribution in [0.5, 0.6) is 0 Å². The second-order valence-corrected chi connectivity index (χ2v) is 5.45. The van der Waals surface area contributed by atoms with Crippen LogP contribution in [-0.2, 0) is 4.74 Å². The fourth-order valence-corrected chi connectivity index (χ4v) is 2.53. The molecule has 3 rings (SSSR count). The first-order valence-corrected chi connectivity index (χ1v) is 7.25. The summed E-state index contributed by atoms with van der Waals surface area (Å²) in [6.45, 7) is 3.43. The predicted molar refractivity (Wildman–Crippen MR) is 81.6 cm³/mol. The van der Waals surface area contributed by atoms with E-state index >= 15 is 0 Å². The molecule has 0 saturated carbocycles. The SMILES string of the molecule is CO[C@H]1CNC[C@H]1NC(=O)c1cc(-c2ccc(C)cc2)no1. The lowest BCUT2D eigenvalue weighted by Gasteiger charge is -2.17. The van der Waals surface area contributed by atoms with Crippen LogP contribution in [0.2, 0.25) is 0 Å². The summed E-state index contributed by atoms with van der Waals surface area (Å²) in [4.78, 5) is 12.2. The van der Waals surface area contributed by atoms with Gasteiger partial charge in [-0.2, -0.15) is 0 Å². The van der Waals surface area contributed by atoms with Gasteiger partial charge in [-0.25, -0.2) is 0 Å². The Morgan fingerprint density at radius 3 is 2.86 bits per heavy atom. The molecule has 6 heteroatoms. The molecule has 6 nitrogen and oxygen atoms in total. The van der Waals surface area contributed by atoms with Gasteiger partial charge in [-0.3, -0.25) is 4.79 Å². The molecule has 2 atom stereocenters. The summed E-state index contributed by atoms with van der Waals surface area (Å²) < 4.78 is 10.5. The van der Waals surface area contributed by atoms with Crippen LogP contribution in [0.1, 0.15) is 16.1 Å². The molecule has 1 aliphatic heterocycles. The van der Waals surface area contributed by atoms with E-state index in [-0.39, 0.29) is 23.8 Å². The number of aromatic nitrogens is 1. The van der Waals surface area contributed by atoms with Gasteiger partial charge in [0.2, 0.25) is 5.76 Å². The number of nitrogens with zero attached hydrogens (tertiary/aromatic N) is 1. The Morgan fingerprint density at radius 2 is 2.14 bits per heavy atom. The smallest absolute Gasteiger partial charge is 0.290 e. The number of benzene rings is 1. The van der Waals surface area contributed by atoms with Gasteiger partial charge in [0, 0.05) is 31.8 Å². The first-order valence-electron chi connectivity index (χ1n) is 7.25. The number of carbonyl (C=O) groups is 1. The van der Waals surface area contributed by atoms with Gasteiger partial charge >= 0.3 is 0 Å². The number of hydrogen-bond acceptors (Lipinski definition) is 5. The Balaban J connectivity index is 1.70.